The first-order chi connectivity index (χ1) is 25.9. The molecule has 0 aromatic heterocycles. The third-order valence-electron chi connectivity index (χ3n) is 12.2. The Kier molecular flexibility index (Phi) is 8.54. The van der Waals surface area contributed by atoms with Gasteiger partial charge in [-0.2, -0.15) is 0 Å². The fraction of sp³-hybridized carbons (Fsp3) is 0.231. The zero-order valence-electron chi connectivity index (χ0n) is 31.6. The van der Waals surface area contributed by atoms with Gasteiger partial charge in [0.25, 0.3) is 0 Å². The maximum absolute atomic E-state index is 2.63. The van der Waals surface area contributed by atoms with Crippen LogP contribution in [0, 0.1) is 0 Å². The Morgan fingerprint density at radius 1 is 0.528 bits per heavy atom. The van der Waals surface area contributed by atoms with Crippen molar-refractivity contribution in [3.05, 3.63) is 174 Å². The van der Waals surface area contributed by atoms with Gasteiger partial charge in [0, 0.05) is 22.4 Å². The molecule has 1 fully saturated rings. The van der Waals surface area contributed by atoms with Gasteiger partial charge in [0.05, 0.1) is 5.69 Å². The van der Waals surface area contributed by atoms with Crippen molar-refractivity contribution < 1.29 is 0 Å². The second kappa shape index (κ2) is 13.5. The molecule has 1 nitrogen and oxygen atoms in total. The summed E-state index contributed by atoms with van der Waals surface area (Å²) in [6, 6.07) is 57.3. The van der Waals surface area contributed by atoms with E-state index in [1.165, 1.54) is 116 Å². The van der Waals surface area contributed by atoms with Crippen LogP contribution in [0.5, 0.6) is 0 Å². The van der Waals surface area contributed by atoms with Gasteiger partial charge in [0.15, 0.2) is 0 Å². The summed E-state index contributed by atoms with van der Waals surface area (Å²) in [5.41, 5.74) is 17.1. The monoisotopic (exact) mass is 687 g/mol. The number of hydrogen-bond acceptors (Lipinski definition) is 1. The number of benzene rings is 7. The third kappa shape index (κ3) is 5.78. The molecule has 9 rings (SSSR count). The Hall–Kier alpha value is -5.40. The minimum Gasteiger partial charge on any atom is -0.310 e. The molecule has 0 aliphatic heterocycles. The van der Waals surface area contributed by atoms with E-state index in [2.05, 4.69) is 184 Å². The Labute approximate surface area is 316 Å². The van der Waals surface area contributed by atoms with Crippen LogP contribution in [0.1, 0.15) is 93.9 Å². The van der Waals surface area contributed by atoms with Gasteiger partial charge in [0.2, 0.25) is 0 Å². The van der Waals surface area contributed by atoms with Gasteiger partial charge < -0.3 is 4.90 Å². The molecule has 53 heavy (non-hydrogen) atoms. The van der Waals surface area contributed by atoms with Crippen molar-refractivity contribution >= 4 is 27.8 Å². The van der Waals surface area contributed by atoms with Crippen molar-refractivity contribution in [1.29, 1.82) is 0 Å². The fourth-order valence-corrected chi connectivity index (χ4v) is 9.51. The van der Waals surface area contributed by atoms with Gasteiger partial charge in [-0.15, -0.1) is 0 Å². The molecule has 0 N–H and O–H groups in total. The van der Waals surface area contributed by atoms with E-state index in [9.17, 15) is 0 Å². The lowest BCUT2D eigenvalue weighted by molar-refractivity contribution is 0.444. The molecule has 0 saturated heterocycles. The van der Waals surface area contributed by atoms with Crippen LogP contribution in [0.25, 0.3) is 44.2 Å². The first-order valence-corrected chi connectivity index (χ1v) is 19.7. The summed E-state index contributed by atoms with van der Waals surface area (Å²) in [6.07, 6.45) is 6.45. The second-order valence-electron chi connectivity index (χ2n) is 16.1. The van der Waals surface area contributed by atoms with Crippen molar-refractivity contribution in [2.75, 3.05) is 4.90 Å². The molecular formula is C52H49N. The van der Waals surface area contributed by atoms with Crippen LogP contribution < -0.4 is 4.90 Å². The second-order valence-corrected chi connectivity index (χ2v) is 16.1. The largest absolute Gasteiger partial charge is 0.310 e. The molecule has 1 heteroatoms. The molecule has 262 valence electrons. The zero-order valence-corrected chi connectivity index (χ0v) is 31.6. The van der Waals surface area contributed by atoms with Crippen molar-refractivity contribution in [2.45, 2.75) is 77.0 Å². The van der Waals surface area contributed by atoms with Gasteiger partial charge in [-0.3, -0.25) is 0 Å². The van der Waals surface area contributed by atoms with Crippen LogP contribution in [0.15, 0.2) is 152 Å². The quantitative estimate of drug-likeness (QED) is 0.161. The molecule has 0 atom stereocenters. The highest BCUT2D eigenvalue weighted by atomic mass is 15.1. The summed E-state index contributed by atoms with van der Waals surface area (Å²) in [5, 5.41) is 2.53. The van der Waals surface area contributed by atoms with Gasteiger partial charge >= 0.3 is 0 Å². The summed E-state index contributed by atoms with van der Waals surface area (Å²) in [4.78, 5) is 2.63. The maximum Gasteiger partial charge on any atom is 0.0546 e. The number of para-hydroxylation sites is 1. The van der Waals surface area contributed by atoms with E-state index in [1.54, 1.807) is 0 Å². The lowest BCUT2D eigenvalue weighted by atomic mass is 9.81. The minimum absolute atomic E-state index is 0.156. The van der Waals surface area contributed by atoms with Gasteiger partial charge in [-0.25, -0.2) is 0 Å². The summed E-state index contributed by atoms with van der Waals surface area (Å²) >= 11 is 0. The maximum atomic E-state index is 2.63. The van der Waals surface area contributed by atoms with Crippen LogP contribution in [0.3, 0.4) is 0 Å². The van der Waals surface area contributed by atoms with E-state index in [0.29, 0.717) is 11.8 Å². The van der Waals surface area contributed by atoms with Crippen LogP contribution in [-0.4, -0.2) is 0 Å². The Morgan fingerprint density at radius 3 is 2.00 bits per heavy atom. The number of hydrogen-bond donors (Lipinski definition) is 0. The molecular weight excluding hydrogens is 639 g/mol. The Balaban J connectivity index is 1.32. The average Bonchev–Trinajstić information content (AvgIpc) is 3.44. The molecule has 2 aliphatic carbocycles. The predicted octanol–water partition coefficient (Wildman–Crippen LogP) is 15.1. The fourth-order valence-electron chi connectivity index (χ4n) is 9.51. The highest BCUT2D eigenvalue weighted by Crippen LogP contribution is 2.55. The normalized spacial score (nSPS) is 15.0. The molecule has 2 aliphatic rings. The lowest BCUT2D eigenvalue weighted by Gasteiger charge is -2.34. The third-order valence-corrected chi connectivity index (χ3v) is 12.2. The molecule has 0 radical (unpaired) electrons. The topological polar surface area (TPSA) is 3.24 Å². The molecule has 1 saturated carbocycles. The highest BCUT2D eigenvalue weighted by Gasteiger charge is 2.38. The van der Waals surface area contributed by atoms with Crippen LogP contribution in [0.2, 0.25) is 0 Å². The zero-order chi connectivity index (χ0) is 36.1. The summed E-state index contributed by atoms with van der Waals surface area (Å²) in [7, 11) is 0. The van der Waals surface area contributed by atoms with Crippen LogP contribution in [0.4, 0.5) is 17.1 Å². The van der Waals surface area contributed by atoms with Crippen molar-refractivity contribution in [2.24, 2.45) is 0 Å². The predicted molar refractivity (Wildman–Crippen MR) is 227 cm³/mol. The van der Waals surface area contributed by atoms with E-state index < -0.39 is 0 Å². The van der Waals surface area contributed by atoms with Gasteiger partial charge in [-0.05, 0) is 116 Å². The van der Waals surface area contributed by atoms with Crippen molar-refractivity contribution in [3.8, 4) is 33.4 Å². The Bertz CT molecular complexity index is 2440. The Morgan fingerprint density at radius 2 is 1.21 bits per heavy atom. The molecule has 0 bridgehead atoms. The van der Waals surface area contributed by atoms with E-state index in [1.807, 2.05) is 0 Å². The van der Waals surface area contributed by atoms with Gasteiger partial charge in [0.1, 0.15) is 0 Å². The van der Waals surface area contributed by atoms with E-state index in [0.717, 1.165) is 0 Å². The highest BCUT2D eigenvalue weighted by molar-refractivity contribution is 6.00. The standard InChI is InChI=1S/C52H49N/c1-35(2)41-24-13-14-26-44(41)46-32-38-22-11-12-23-39(38)33-50(46)53(49-29-16-15-25-42(49)36-18-7-5-8-19-36)40-30-31-45-48(34-40)52(3,4)47-28-17-27-43(51(45)47)37-20-9-6-10-21-37/h6,9-17,20-36H,5,7-8,18-19H2,1-4H3. The molecule has 0 amide bonds. The first kappa shape index (κ1) is 33.4. The molecule has 0 unspecified atom stereocenters. The van der Waals surface area contributed by atoms with Gasteiger partial charge in [-0.1, -0.05) is 168 Å². The van der Waals surface area contributed by atoms with Crippen LogP contribution in [-0.2, 0) is 5.41 Å². The number of anilines is 3. The van der Waals surface area contributed by atoms with Crippen molar-refractivity contribution in [3.63, 3.8) is 0 Å². The summed E-state index contributed by atoms with van der Waals surface area (Å²) in [5.74, 6) is 0.949. The average molecular weight is 688 g/mol. The molecule has 0 heterocycles. The van der Waals surface area contributed by atoms with E-state index in [4.69, 9.17) is 0 Å². The minimum atomic E-state index is -0.156. The molecule has 7 aromatic rings. The number of fused-ring (bicyclic) bond motifs is 4. The summed E-state index contributed by atoms with van der Waals surface area (Å²) in [6.45, 7) is 9.47. The van der Waals surface area contributed by atoms with Crippen LogP contribution >= 0.6 is 0 Å². The van der Waals surface area contributed by atoms with E-state index >= 15 is 0 Å². The number of nitrogens with zero attached hydrogens (tertiary/aromatic N) is 1. The first-order valence-electron chi connectivity index (χ1n) is 19.7. The molecule has 7 aromatic carbocycles. The van der Waals surface area contributed by atoms with Crippen molar-refractivity contribution in [1.82, 2.24) is 0 Å². The summed E-state index contributed by atoms with van der Waals surface area (Å²) < 4.78 is 0. The lowest BCUT2D eigenvalue weighted by Crippen LogP contribution is -2.18. The number of rotatable bonds is 7. The molecule has 0 spiro atoms. The van der Waals surface area contributed by atoms with E-state index in [-0.39, 0.29) is 5.41 Å². The smallest absolute Gasteiger partial charge is 0.0546 e. The SMILES string of the molecule is CC(C)c1ccccc1-c1cc2ccccc2cc1N(c1ccc2c(c1)C(C)(C)c1cccc(-c3ccccc3)c1-2)c1ccccc1C1CCCCC1.